The maximum atomic E-state index is 13.4. The van der Waals surface area contributed by atoms with E-state index < -0.39 is 71.5 Å². The van der Waals surface area contributed by atoms with Crippen LogP contribution >= 0.6 is 0 Å². The van der Waals surface area contributed by atoms with E-state index in [2.05, 4.69) is 29.2 Å². The molecule has 0 bridgehead atoms. The molecule has 0 spiro atoms. The summed E-state index contributed by atoms with van der Waals surface area (Å²) < 4.78 is 40.6. The highest BCUT2D eigenvalue weighted by molar-refractivity contribution is 7.89. The molecule has 1 fully saturated rings. The monoisotopic (exact) mass is 1130 g/mol. The van der Waals surface area contributed by atoms with E-state index in [1.807, 2.05) is 0 Å². The molecule has 79 heavy (non-hydrogen) atoms. The number of hydrogen-bond acceptors (Lipinski definition) is 12. The van der Waals surface area contributed by atoms with Crippen molar-refractivity contribution in [1.82, 2.24) is 15.4 Å². The number of rotatable bonds is 50. The van der Waals surface area contributed by atoms with Gasteiger partial charge in [0.1, 0.15) is 30.5 Å². The molecule has 8 atom stereocenters. The van der Waals surface area contributed by atoms with Gasteiger partial charge in [-0.15, -0.1) is 0 Å². The Bertz CT molecular complexity index is 1980. The maximum Gasteiger partial charge on any atom is 0.241 e. The molecule has 0 aliphatic carbocycles. The number of sulfonamides is 1. The van der Waals surface area contributed by atoms with Crippen molar-refractivity contribution in [3.8, 4) is 0 Å². The van der Waals surface area contributed by atoms with Crippen LogP contribution in [0.4, 0.5) is 5.69 Å². The van der Waals surface area contributed by atoms with Gasteiger partial charge in [0.15, 0.2) is 6.29 Å². The summed E-state index contributed by atoms with van der Waals surface area (Å²) >= 11 is 0. The van der Waals surface area contributed by atoms with Gasteiger partial charge in [-0.05, 0) is 25.0 Å². The predicted molar refractivity (Wildman–Crippen MR) is 320 cm³/mol. The number of nitrogens with two attached hydrogens (primary N) is 1. The smallest absolute Gasteiger partial charge is 0.241 e. The van der Waals surface area contributed by atoms with Gasteiger partial charge in [-0.2, -0.15) is 0 Å². The Hall–Kier alpha value is -2.93. The number of hydrogen-bond donors (Lipinski definition) is 9. The molecule has 1 aliphatic rings. The van der Waals surface area contributed by atoms with Gasteiger partial charge in [0.05, 0.1) is 23.6 Å². The number of aliphatic hydroxyl groups excluding tert-OH is 5. The van der Waals surface area contributed by atoms with Crippen molar-refractivity contribution in [3.63, 3.8) is 0 Å². The van der Waals surface area contributed by atoms with Crippen molar-refractivity contribution in [3.05, 3.63) is 36.4 Å². The van der Waals surface area contributed by atoms with Crippen LogP contribution in [0, 0.1) is 0 Å². The van der Waals surface area contributed by atoms with Crippen LogP contribution in [0.2, 0.25) is 0 Å². The van der Waals surface area contributed by atoms with Crippen LogP contribution in [0.3, 0.4) is 0 Å². The number of anilines is 1. The van der Waals surface area contributed by atoms with E-state index in [4.69, 9.17) is 15.2 Å². The molecule has 0 aromatic heterocycles. The molecule has 0 saturated carbocycles. The predicted octanol–water partition coefficient (Wildman–Crippen LogP) is 11.7. The zero-order valence-corrected chi connectivity index (χ0v) is 50.1. The number of fused-ring (bicyclic) bond motifs is 1. The molecular weight excluding hydrogens is 1020 g/mol. The molecule has 3 rings (SSSR count). The summed E-state index contributed by atoms with van der Waals surface area (Å²) in [7, 11) is -4.02. The Balaban J connectivity index is 1.40. The Morgan fingerprint density at radius 1 is 0.570 bits per heavy atom. The lowest BCUT2D eigenvalue weighted by molar-refractivity contribution is -0.297. The van der Waals surface area contributed by atoms with Crippen molar-refractivity contribution in [2.45, 2.75) is 312 Å². The van der Waals surface area contributed by atoms with Crippen molar-refractivity contribution in [2.75, 3.05) is 25.4 Å². The van der Waals surface area contributed by atoms with E-state index in [0.717, 1.165) is 38.5 Å². The van der Waals surface area contributed by atoms with E-state index in [-0.39, 0.29) is 36.7 Å². The van der Waals surface area contributed by atoms with Gasteiger partial charge >= 0.3 is 0 Å². The molecule has 16 heteroatoms. The second-order valence-corrected chi connectivity index (χ2v) is 24.7. The summed E-state index contributed by atoms with van der Waals surface area (Å²) in [5.74, 6) is -0.883. The molecular formula is C63H112N4O11S. The number of nitrogens with one attached hydrogen (secondary N) is 3. The summed E-state index contributed by atoms with van der Waals surface area (Å²) in [6.07, 6.45) is 33.3. The van der Waals surface area contributed by atoms with Gasteiger partial charge in [-0.25, -0.2) is 13.1 Å². The van der Waals surface area contributed by atoms with Crippen molar-refractivity contribution in [2.24, 2.45) is 0 Å². The Labute approximate surface area is 478 Å². The molecule has 5 unspecified atom stereocenters. The normalized spacial score (nSPS) is 18.9. The lowest BCUT2D eigenvalue weighted by atomic mass is 9.98. The first kappa shape index (κ1) is 70.3. The fourth-order valence-corrected chi connectivity index (χ4v) is 12.1. The van der Waals surface area contributed by atoms with E-state index >= 15 is 0 Å². The molecule has 1 saturated heterocycles. The highest BCUT2D eigenvalue weighted by atomic mass is 32.2. The van der Waals surface area contributed by atoms with E-state index in [1.54, 1.807) is 30.3 Å². The van der Waals surface area contributed by atoms with Crippen LogP contribution in [0.5, 0.6) is 0 Å². The third-order valence-electron chi connectivity index (χ3n) is 16.0. The molecule has 456 valence electrons. The van der Waals surface area contributed by atoms with Gasteiger partial charge in [0.2, 0.25) is 21.8 Å². The minimum absolute atomic E-state index is 0.0184. The first-order chi connectivity index (χ1) is 38.3. The molecule has 0 radical (unpaired) electrons. The summed E-state index contributed by atoms with van der Waals surface area (Å²) in [4.78, 5) is 26.3. The summed E-state index contributed by atoms with van der Waals surface area (Å²) in [5, 5.41) is 61.7. The van der Waals surface area contributed by atoms with Crippen LogP contribution in [0.15, 0.2) is 41.3 Å². The van der Waals surface area contributed by atoms with Gasteiger partial charge in [-0.3, -0.25) is 9.59 Å². The number of benzene rings is 2. The first-order valence-corrected chi connectivity index (χ1v) is 33.3. The van der Waals surface area contributed by atoms with Crippen LogP contribution in [-0.2, 0) is 29.1 Å². The largest absolute Gasteiger partial charge is 0.398 e. The zero-order valence-electron chi connectivity index (χ0n) is 49.2. The molecule has 15 nitrogen and oxygen atoms in total. The highest BCUT2D eigenvalue weighted by Crippen LogP contribution is 2.28. The van der Waals surface area contributed by atoms with E-state index in [9.17, 15) is 43.5 Å². The number of amides is 2. The molecule has 1 heterocycles. The van der Waals surface area contributed by atoms with Crippen LogP contribution in [0.1, 0.15) is 258 Å². The minimum atomic E-state index is -4.02. The third kappa shape index (κ3) is 30.3. The number of unbranched alkanes of at least 4 members (excludes halogenated alkanes) is 33. The topological polar surface area (TPSA) is 250 Å². The second-order valence-electron chi connectivity index (χ2n) is 22.9. The van der Waals surface area contributed by atoms with Crippen molar-refractivity contribution in [1.29, 1.82) is 0 Å². The Morgan fingerprint density at radius 3 is 1.51 bits per heavy atom. The number of carbonyl (C=O) groups is 2. The van der Waals surface area contributed by atoms with Crippen LogP contribution in [0.25, 0.3) is 10.8 Å². The summed E-state index contributed by atoms with van der Waals surface area (Å²) in [6.45, 7) is 3.55. The van der Waals surface area contributed by atoms with Crippen molar-refractivity contribution < 1.29 is 53.0 Å². The number of nitrogen functional groups attached to an aromatic ring is 1. The van der Waals surface area contributed by atoms with Gasteiger partial charge in [0.25, 0.3) is 0 Å². The average Bonchev–Trinajstić information content (AvgIpc) is 3.53. The zero-order chi connectivity index (χ0) is 57.4. The fraction of sp³-hybridized carbons (Fsp3) is 0.810. The van der Waals surface area contributed by atoms with E-state index in [0.29, 0.717) is 35.7 Å². The molecule has 2 aromatic carbocycles. The fourth-order valence-electron chi connectivity index (χ4n) is 10.8. The summed E-state index contributed by atoms with van der Waals surface area (Å²) in [5.41, 5.74) is 6.48. The molecule has 2 aromatic rings. The van der Waals surface area contributed by atoms with Crippen LogP contribution < -0.4 is 21.1 Å². The maximum absolute atomic E-state index is 13.4. The second kappa shape index (κ2) is 43.7. The average molecular weight is 1130 g/mol. The summed E-state index contributed by atoms with van der Waals surface area (Å²) in [6, 6.07) is 8.67. The quantitative estimate of drug-likeness (QED) is 0.0222. The Morgan fingerprint density at radius 2 is 1.01 bits per heavy atom. The lowest BCUT2D eigenvalue weighted by Crippen LogP contribution is -2.61. The first-order valence-electron chi connectivity index (χ1n) is 31.8. The highest BCUT2D eigenvalue weighted by Gasteiger charge is 2.45. The van der Waals surface area contributed by atoms with E-state index in [1.165, 1.54) is 179 Å². The SMILES string of the molecule is CCCCCCCCCCCCCCCCCCCCCCCCCC(=O)N[C@@H](COC1OC(CNC(=O)CCNS(=O)(=O)c2cccc3c(N)cccc23)C(O)C(O)C1O)[C@H](O)[C@H](O)CCCCCCCCCCCCCC. The lowest BCUT2D eigenvalue weighted by Gasteiger charge is -2.41. The van der Waals surface area contributed by atoms with Gasteiger partial charge in [0, 0.05) is 42.4 Å². The van der Waals surface area contributed by atoms with Gasteiger partial charge in [-0.1, -0.05) is 256 Å². The third-order valence-corrected chi connectivity index (χ3v) is 17.5. The minimum Gasteiger partial charge on any atom is -0.398 e. The molecule has 2 amide bonds. The van der Waals surface area contributed by atoms with Gasteiger partial charge < -0.3 is 51.4 Å². The molecule has 1 aliphatic heterocycles. The Kier molecular flexibility index (Phi) is 38.9. The number of ether oxygens (including phenoxy) is 2. The number of carbonyl (C=O) groups excluding carboxylic acids is 2. The number of aliphatic hydroxyl groups is 5. The molecule has 10 N–H and O–H groups in total. The van der Waals surface area contributed by atoms with Crippen LogP contribution in [-0.4, -0.2) is 114 Å². The standard InChI is InChI=1S/C63H112N4O11S/c1-3-5-7-9-11-13-15-17-18-19-20-21-22-23-24-25-26-27-29-31-33-35-37-45-58(70)67-53(59(71)54(68)43-36-34-32-30-28-16-14-12-10-8-6-4-2)49-77-63-62(74)61(73)60(72)55(78-63)48-65-57(69)46-47-66-79(75,76)56-44-39-40-50-51(56)41-38-42-52(50)64/h38-42,44,53-55,59-63,66,68,71-74H,3-37,43,45-49,64H2,1-2H3,(H,65,69)(H,67,70)/t53-,54+,55?,59-,60?,61?,62?,63?/m0/s1. The van der Waals surface area contributed by atoms with Crippen molar-refractivity contribution >= 4 is 38.3 Å².